The molecule has 1 heterocycles. The highest BCUT2D eigenvalue weighted by atomic mass is 16.1. The summed E-state index contributed by atoms with van der Waals surface area (Å²) in [6, 6.07) is 0. The molecule has 1 aromatic heterocycles. The van der Waals surface area contributed by atoms with Gasteiger partial charge in [0.15, 0.2) is 0 Å². The summed E-state index contributed by atoms with van der Waals surface area (Å²) >= 11 is 0. The molecule has 21 heavy (non-hydrogen) atoms. The Labute approximate surface area is 128 Å². The molecule has 0 radical (unpaired) electrons. The fourth-order valence-corrected chi connectivity index (χ4v) is 2.27. The zero-order valence-corrected chi connectivity index (χ0v) is 14.3. The molecular weight excluding hydrogens is 264 g/mol. The Morgan fingerprint density at radius 3 is 2.52 bits per heavy atom. The lowest BCUT2D eigenvalue weighted by atomic mass is 10.1. The summed E-state index contributed by atoms with van der Waals surface area (Å²) in [7, 11) is 0. The van der Waals surface area contributed by atoms with Crippen LogP contribution in [0.2, 0.25) is 0 Å². The number of hydrogen-bond donors (Lipinski definition) is 2. The predicted molar refractivity (Wildman–Crippen MR) is 86.1 cm³/mol. The summed E-state index contributed by atoms with van der Waals surface area (Å²) in [6.07, 6.45) is 1.21. The molecule has 1 rings (SSSR count). The summed E-state index contributed by atoms with van der Waals surface area (Å²) in [4.78, 5) is 11.9. The van der Waals surface area contributed by atoms with E-state index >= 15 is 0 Å². The van der Waals surface area contributed by atoms with E-state index in [2.05, 4.69) is 35.9 Å². The zero-order valence-electron chi connectivity index (χ0n) is 14.3. The predicted octanol–water partition coefficient (Wildman–Crippen LogP) is 1.94. The van der Waals surface area contributed by atoms with E-state index in [0.717, 1.165) is 18.7 Å². The van der Waals surface area contributed by atoms with Crippen LogP contribution >= 0.6 is 0 Å². The van der Waals surface area contributed by atoms with Gasteiger partial charge in [-0.3, -0.25) is 9.48 Å². The first-order valence-electron chi connectivity index (χ1n) is 7.68. The third kappa shape index (κ3) is 5.87. The summed E-state index contributed by atoms with van der Waals surface area (Å²) in [5, 5.41) is 7.46. The van der Waals surface area contributed by atoms with Gasteiger partial charge in [0.05, 0.1) is 5.69 Å². The topological polar surface area (TPSA) is 72.9 Å². The van der Waals surface area contributed by atoms with Crippen LogP contribution in [0.3, 0.4) is 0 Å². The second-order valence-electron chi connectivity index (χ2n) is 6.99. The molecule has 0 saturated carbocycles. The molecule has 1 amide bonds. The van der Waals surface area contributed by atoms with Crippen LogP contribution in [0.1, 0.15) is 51.1 Å². The van der Waals surface area contributed by atoms with Crippen LogP contribution in [0.25, 0.3) is 0 Å². The van der Waals surface area contributed by atoms with Crippen molar-refractivity contribution in [3.8, 4) is 0 Å². The van der Waals surface area contributed by atoms with Crippen LogP contribution < -0.4 is 11.1 Å². The molecule has 0 fully saturated rings. The maximum atomic E-state index is 11.9. The lowest BCUT2D eigenvalue weighted by Gasteiger charge is -2.18. The Kier molecular flexibility index (Phi) is 5.96. The Hall–Kier alpha value is -1.36. The minimum absolute atomic E-state index is 0.0453. The molecule has 1 aromatic rings. The van der Waals surface area contributed by atoms with Crippen LogP contribution in [0.5, 0.6) is 0 Å². The van der Waals surface area contributed by atoms with Gasteiger partial charge in [0.25, 0.3) is 0 Å². The Morgan fingerprint density at radius 1 is 1.38 bits per heavy atom. The van der Waals surface area contributed by atoms with E-state index in [1.807, 2.05) is 20.8 Å². The third-order valence-corrected chi connectivity index (χ3v) is 3.41. The van der Waals surface area contributed by atoms with Crippen molar-refractivity contribution in [2.45, 2.75) is 66.5 Å². The van der Waals surface area contributed by atoms with E-state index in [4.69, 9.17) is 5.73 Å². The minimum atomic E-state index is -0.371. The molecule has 120 valence electrons. The number of aryl methyl sites for hydroxylation is 1. The molecule has 0 aromatic carbocycles. The van der Waals surface area contributed by atoms with E-state index in [0.29, 0.717) is 18.9 Å². The standard InChI is InChI=1S/C16H30N4O/c1-11(2)9-20-13(4)14(12(3)19-20)7-8-15(21)18-10-16(5,6)17/h11H,7-10,17H2,1-6H3,(H,18,21). The first-order chi connectivity index (χ1) is 9.60. The largest absolute Gasteiger partial charge is 0.354 e. The molecule has 0 aliphatic rings. The van der Waals surface area contributed by atoms with Crippen molar-refractivity contribution in [1.82, 2.24) is 15.1 Å². The molecule has 3 N–H and O–H groups in total. The van der Waals surface area contributed by atoms with E-state index in [9.17, 15) is 4.79 Å². The summed E-state index contributed by atoms with van der Waals surface area (Å²) in [6.45, 7) is 13.7. The SMILES string of the molecule is Cc1nn(CC(C)C)c(C)c1CCC(=O)NCC(C)(C)N. The van der Waals surface area contributed by atoms with Gasteiger partial charge in [0, 0.05) is 30.7 Å². The lowest BCUT2D eigenvalue weighted by Crippen LogP contribution is -2.45. The second kappa shape index (κ2) is 7.07. The van der Waals surface area contributed by atoms with Crippen LogP contribution in [0, 0.1) is 19.8 Å². The van der Waals surface area contributed by atoms with Crippen molar-refractivity contribution in [2.24, 2.45) is 11.7 Å². The highest BCUT2D eigenvalue weighted by molar-refractivity contribution is 5.76. The van der Waals surface area contributed by atoms with Crippen LogP contribution in [-0.2, 0) is 17.8 Å². The summed E-state index contributed by atoms with van der Waals surface area (Å²) in [5.74, 6) is 0.606. The van der Waals surface area contributed by atoms with Gasteiger partial charge >= 0.3 is 0 Å². The van der Waals surface area contributed by atoms with Crippen LogP contribution in [0.4, 0.5) is 0 Å². The summed E-state index contributed by atoms with van der Waals surface area (Å²) in [5.41, 5.74) is 8.88. The fourth-order valence-electron chi connectivity index (χ4n) is 2.27. The number of rotatable bonds is 7. The highest BCUT2D eigenvalue weighted by Gasteiger charge is 2.15. The first-order valence-corrected chi connectivity index (χ1v) is 7.68. The summed E-state index contributed by atoms with van der Waals surface area (Å²) < 4.78 is 2.05. The number of carbonyl (C=O) groups excluding carboxylic acids is 1. The molecule has 0 unspecified atom stereocenters. The van der Waals surface area contributed by atoms with Gasteiger partial charge < -0.3 is 11.1 Å². The number of hydrogen-bond acceptors (Lipinski definition) is 3. The van der Waals surface area contributed by atoms with Crippen LogP contribution in [-0.4, -0.2) is 27.8 Å². The fraction of sp³-hybridized carbons (Fsp3) is 0.750. The van der Waals surface area contributed by atoms with Gasteiger partial charge in [0.1, 0.15) is 0 Å². The van der Waals surface area contributed by atoms with Gasteiger partial charge in [-0.1, -0.05) is 13.8 Å². The third-order valence-electron chi connectivity index (χ3n) is 3.41. The number of carbonyl (C=O) groups is 1. The quantitative estimate of drug-likeness (QED) is 0.807. The van der Waals surface area contributed by atoms with Crippen molar-refractivity contribution in [3.05, 3.63) is 17.0 Å². The highest BCUT2D eigenvalue weighted by Crippen LogP contribution is 2.16. The molecule has 0 bridgehead atoms. The van der Waals surface area contributed by atoms with Crippen LogP contribution in [0.15, 0.2) is 0 Å². The first kappa shape index (κ1) is 17.7. The molecule has 5 nitrogen and oxygen atoms in total. The molecular formula is C16H30N4O. The van der Waals surface area contributed by atoms with Gasteiger partial charge in [0.2, 0.25) is 5.91 Å². The monoisotopic (exact) mass is 294 g/mol. The number of nitrogens with one attached hydrogen (secondary N) is 1. The molecule has 0 atom stereocenters. The number of aromatic nitrogens is 2. The smallest absolute Gasteiger partial charge is 0.220 e. The molecule has 0 saturated heterocycles. The molecule has 5 heteroatoms. The van der Waals surface area contributed by atoms with E-state index in [1.54, 1.807) is 0 Å². The Balaban J connectivity index is 2.59. The Morgan fingerprint density at radius 2 is 2.00 bits per heavy atom. The minimum Gasteiger partial charge on any atom is -0.354 e. The van der Waals surface area contributed by atoms with E-state index in [1.165, 1.54) is 11.3 Å². The lowest BCUT2D eigenvalue weighted by molar-refractivity contribution is -0.121. The Bertz CT molecular complexity index is 483. The van der Waals surface area contributed by atoms with Crippen molar-refractivity contribution in [3.63, 3.8) is 0 Å². The second-order valence-corrected chi connectivity index (χ2v) is 6.99. The van der Waals surface area contributed by atoms with Gasteiger partial charge in [-0.2, -0.15) is 5.10 Å². The zero-order chi connectivity index (χ0) is 16.2. The van der Waals surface area contributed by atoms with Gasteiger partial charge in [-0.25, -0.2) is 0 Å². The molecule has 0 aliphatic heterocycles. The van der Waals surface area contributed by atoms with Crippen molar-refractivity contribution >= 4 is 5.91 Å². The number of nitrogens with zero attached hydrogens (tertiary/aromatic N) is 2. The normalized spacial score (nSPS) is 12.0. The average Bonchev–Trinajstić information content (AvgIpc) is 2.58. The van der Waals surface area contributed by atoms with Crippen molar-refractivity contribution < 1.29 is 4.79 Å². The van der Waals surface area contributed by atoms with E-state index < -0.39 is 0 Å². The van der Waals surface area contributed by atoms with Gasteiger partial charge in [-0.05, 0) is 45.6 Å². The van der Waals surface area contributed by atoms with Gasteiger partial charge in [-0.15, -0.1) is 0 Å². The number of nitrogens with two attached hydrogens (primary N) is 1. The average molecular weight is 294 g/mol. The van der Waals surface area contributed by atoms with Crippen molar-refractivity contribution in [2.75, 3.05) is 6.54 Å². The van der Waals surface area contributed by atoms with E-state index in [-0.39, 0.29) is 11.4 Å². The maximum Gasteiger partial charge on any atom is 0.220 e. The molecule has 0 aliphatic carbocycles. The number of amides is 1. The molecule has 0 spiro atoms. The maximum absolute atomic E-state index is 11.9. The van der Waals surface area contributed by atoms with Crippen molar-refractivity contribution in [1.29, 1.82) is 0 Å².